The van der Waals surface area contributed by atoms with Gasteiger partial charge in [0.2, 0.25) is 0 Å². The number of fused-ring (bicyclic) bond motifs is 1. The molecule has 2 rings (SSSR count). The van der Waals surface area contributed by atoms with Crippen LogP contribution in [0.15, 0.2) is 9.98 Å². The monoisotopic (exact) mass is 138 g/mol. The molecule has 0 spiro atoms. The van der Waals surface area contributed by atoms with E-state index in [9.17, 15) is 4.79 Å². The van der Waals surface area contributed by atoms with Gasteiger partial charge in [0.1, 0.15) is 12.1 Å². The first kappa shape index (κ1) is 5.55. The highest BCUT2D eigenvalue weighted by atomic mass is 16.2. The van der Waals surface area contributed by atoms with Gasteiger partial charge in [0.05, 0.1) is 6.67 Å². The minimum atomic E-state index is -0.200. The Bertz CT molecular complexity index is 232. The molecule has 2 N–H and O–H groups in total. The average molecular weight is 138 g/mol. The Hall–Kier alpha value is -1.23. The number of carbonyl (C=O) groups excluding carboxylic acids is 1. The second kappa shape index (κ2) is 1.88. The van der Waals surface area contributed by atoms with Gasteiger partial charge in [-0.25, -0.2) is 9.98 Å². The Morgan fingerprint density at radius 3 is 3.40 bits per heavy atom. The molecule has 0 aromatic heterocycles. The van der Waals surface area contributed by atoms with Crippen molar-refractivity contribution < 1.29 is 4.79 Å². The first-order valence-electron chi connectivity index (χ1n) is 2.99. The Kier molecular flexibility index (Phi) is 1.04. The lowest BCUT2D eigenvalue weighted by Crippen LogP contribution is -2.53. The van der Waals surface area contributed by atoms with Crippen molar-refractivity contribution in [1.29, 1.82) is 0 Å². The third-order valence-corrected chi connectivity index (χ3v) is 1.45. The molecule has 52 valence electrons. The first-order chi connectivity index (χ1) is 4.88. The summed E-state index contributed by atoms with van der Waals surface area (Å²) in [5.41, 5.74) is 0.464. The van der Waals surface area contributed by atoms with Crippen LogP contribution < -0.4 is 10.6 Å². The van der Waals surface area contributed by atoms with Gasteiger partial charge in [-0.2, -0.15) is 0 Å². The van der Waals surface area contributed by atoms with Gasteiger partial charge in [-0.1, -0.05) is 0 Å². The third kappa shape index (κ3) is 0.640. The van der Waals surface area contributed by atoms with E-state index in [-0.39, 0.29) is 12.1 Å². The fraction of sp³-hybridized carbons (Fsp3) is 0.400. The molecule has 2 aliphatic rings. The second-order valence-electron chi connectivity index (χ2n) is 2.07. The van der Waals surface area contributed by atoms with Crippen molar-refractivity contribution in [2.75, 3.05) is 6.67 Å². The van der Waals surface area contributed by atoms with E-state index in [1.54, 1.807) is 0 Å². The molecule has 1 fully saturated rings. The summed E-state index contributed by atoms with van der Waals surface area (Å²) in [7, 11) is 0. The van der Waals surface area contributed by atoms with E-state index in [0.717, 1.165) is 0 Å². The fourth-order valence-corrected chi connectivity index (χ4v) is 0.954. The van der Waals surface area contributed by atoms with Gasteiger partial charge in [0.15, 0.2) is 6.17 Å². The van der Waals surface area contributed by atoms with E-state index < -0.39 is 0 Å². The van der Waals surface area contributed by atoms with E-state index in [1.807, 2.05) is 0 Å². The number of hydrogen-bond donors (Lipinski definition) is 2. The average Bonchev–Trinajstić information content (AvgIpc) is 2.36. The lowest BCUT2D eigenvalue weighted by atomic mass is 10.2. The Labute approximate surface area is 57.2 Å². The van der Waals surface area contributed by atoms with Crippen molar-refractivity contribution in [3.63, 3.8) is 0 Å². The normalized spacial score (nSPS) is 29.4. The van der Waals surface area contributed by atoms with Crippen LogP contribution in [0.3, 0.4) is 0 Å². The van der Waals surface area contributed by atoms with Crippen molar-refractivity contribution in [3.05, 3.63) is 0 Å². The number of hydrogen-bond acceptors (Lipinski definition) is 4. The quantitative estimate of drug-likeness (QED) is 0.426. The molecule has 1 atom stereocenters. The summed E-state index contributed by atoms with van der Waals surface area (Å²) in [5.74, 6) is -0.124. The fourth-order valence-electron chi connectivity index (χ4n) is 0.954. The molecule has 5 nitrogen and oxygen atoms in total. The van der Waals surface area contributed by atoms with Gasteiger partial charge in [0, 0.05) is 0 Å². The molecule has 0 radical (unpaired) electrons. The Balaban J connectivity index is 2.28. The Morgan fingerprint density at radius 2 is 2.60 bits per heavy atom. The lowest BCUT2D eigenvalue weighted by molar-refractivity contribution is -0.115. The van der Waals surface area contributed by atoms with E-state index in [4.69, 9.17) is 0 Å². The zero-order valence-corrected chi connectivity index (χ0v) is 5.16. The molecule has 0 aromatic rings. The van der Waals surface area contributed by atoms with Crippen molar-refractivity contribution in [2.45, 2.75) is 6.17 Å². The van der Waals surface area contributed by atoms with Crippen molar-refractivity contribution in [3.8, 4) is 0 Å². The summed E-state index contributed by atoms with van der Waals surface area (Å²) in [4.78, 5) is 18.6. The van der Waals surface area contributed by atoms with Crippen LogP contribution in [-0.4, -0.2) is 30.8 Å². The molecule has 2 heterocycles. The van der Waals surface area contributed by atoms with E-state index >= 15 is 0 Å². The van der Waals surface area contributed by atoms with Crippen LogP contribution in [0.2, 0.25) is 0 Å². The Morgan fingerprint density at radius 1 is 1.70 bits per heavy atom. The van der Waals surface area contributed by atoms with Crippen LogP contribution in [0.1, 0.15) is 0 Å². The predicted octanol–water partition coefficient (Wildman–Crippen LogP) is -1.53. The largest absolute Gasteiger partial charge is 0.338 e. The van der Waals surface area contributed by atoms with E-state index in [1.165, 1.54) is 6.34 Å². The molecule has 0 aromatic carbocycles. The van der Waals surface area contributed by atoms with Crippen LogP contribution in [-0.2, 0) is 4.79 Å². The van der Waals surface area contributed by atoms with Crippen LogP contribution in [0.5, 0.6) is 0 Å². The van der Waals surface area contributed by atoms with Gasteiger partial charge < -0.3 is 5.32 Å². The molecular formula is C5H6N4O. The number of nitrogens with zero attached hydrogens (tertiary/aromatic N) is 2. The van der Waals surface area contributed by atoms with Gasteiger partial charge in [-0.15, -0.1) is 0 Å². The summed E-state index contributed by atoms with van der Waals surface area (Å²) in [6.07, 6.45) is 1.20. The molecule has 0 aliphatic carbocycles. The van der Waals surface area contributed by atoms with Crippen LogP contribution in [0.4, 0.5) is 0 Å². The number of amides is 1. The van der Waals surface area contributed by atoms with Gasteiger partial charge in [0.25, 0.3) is 5.91 Å². The summed E-state index contributed by atoms with van der Waals surface area (Å²) in [6, 6.07) is 0. The summed E-state index contributed by atoms with van der Waals surface area (Å²) in [5, 5.41) is 5.54. The molecule has 0 bridgehead atoms. The number of aliphatic imine (C=N–C) groups is 2. The van der Waals surface area contributed by atoms with Gasteiger partial charge in [-0.05, 0) is 0 Å². The maximum absolute atomic E-state index is 10.9. The number of nitrogens with one attached hydrogen (secondary N) is 2. The zero-order valence-electron chi connectivity index (χ0n) is 5.16. The van der Waals surface area contributed by atoms with Gasteiger partial charge >= 0.3 is 0 Å². The van der Waals surface area contributed by atoms with Crippen molar-refractivity contribution in [2.24, 2.45) is 9.98 Å². The number of rotatable bonds is 0. The summed E-state index contributed by atoms with van der Waals surface area (Å²) in [6.45, 7) is 0.472. The molecular weight excluding hydrogens is 132 g/mol. The molecule has 10 heavy (non-hydrogen) atoms. The van der Waals surface area contributed by atoms with Crippen LogP contribution in [0, 0.1) is 0 Å². The van der Waals surface area contributed by atoms with E-state index in [2.05, 4.69) is 20.6 Å². The van der Waals surface area contributed by atoms with Crippen molar-refractivity contribution in [1.82, 2.24) is 10.6 Å². The zero-order chi connectivity index (χ0) is 6.97. The van der Waals surface area contributed by atoms with E-state index in [0.29, 0.717) is 12.4 Å². The molecule has 0 saturated carbocycles. The van der Waals surface area contributed by atoms with Crippen molar-refractivity contribution >= 4 is 18.0 Å². The SMILES string of the molecule is O=C1NCNC2N=CN=C12. The topological polar surface area (TPSA) is 65.8 Å². The molecule has 1 unspecified atom stereocenters. The molecule has 5 heteroatoms. The van der Waals surface area contributed by atoms with Crippen LogP contribution in [0.25, 0.3) is 0 Å². The first-order valence-corrected chi connectivity index (χ1v) is 2.99. The molecule has 1 saturated heterocycles. The molecule has 2 aliphatic heterocycles. The minimum Gasteiger partial charge on any atom is -0.338 e. The highest BCUT2D eigenvalue weighted by Crippen LogP contribution is 2.00. The predicted molar refractivity (Wildman–Crippen MR) is 35.9 cm³/mol. The summed E-state index contributed by atoms with van der Waals surface area (Å²) < 4.78 is 0. The third-order valence-electron chi connectivity index (χ3n) is 1.45. The molecule has 1 amide bonds. The maximum atomic E-state index is 10.9. The minimum absolute atomic E-state index is 0.124. The van der Waals surface area contributed by atoms with Gasteiger partial charge in [-0.3, -0.25) is 10.1 Å². The van der Waals surface area contributed by atoms with Crippen LogP contribution >= 0.6 is 0 Å². The number of carbonyl (C=O) groups is 1. The summed E-state index contributed by atoms with van der Waals surface area (Å²) >= 11 is 0. The second-order valence-corrected chi connectivity index (χ2v) is 2.07. The highest BCUT2D eigenvalue weighted by Gasteiger charge is 2.27. The smallest absolute Gasteiger partial charge is 0.270 e. The highest BCUT2D eigenvalue weighted by molar-refractivity contribution is 6.43. The lowest BCUT2D eigenvalue weighted by Gasteiger charge is -2.18. The maximum Gasteiger partial charge on any atom is 0.270 e. The standard InChI is InChI=1S/C5H6N4O/c10-5-3-4(7-1-6-3)8-2-9-5/h1,4,8H,2H2,(H,9,10).